The van der Waals surface area contributed by atoms with Crippen LogP contribution >= 0.6 is 0 Å². The second-order valence-corrected chi connectivity index (χ2v) is 6.92. The van der Waals surface area contributed by atoms with Crippen LogP contribution in [0.4, 0.5) is 0 Å². The molecule has 1 N–H and O–H groups in total. The van der Waals surface area contributed by atoms with E-state index in [1.54, 1.807) is 0 Å². The van der Waals surface area contributed by atoms with Crippen LogP contribution in [-0.2, 0) is 26.7 Å². The molecular weight excluding hydrogens is 380 g/mol. The van der Waals surface area contributed by atoms with E-state index < -0.39 is 12.5 Å². The number of unbranched alkanes of at least 4 members (excludes halogenated alkanes) is 10. The molecule has 0 aromatic rings. The number of nitrogens with zero attached hydrogens (tertiary/aromatic N) is 2. The number of aliphatic carboxylic acids is 1. The minimum Gasteiger partial charge on any atom is -0.643 e. The molecule has 0 aliphatic heterocycles. The number of carbonyl (C=O) groups is 2. The molecule has 0 rings (SSSR count). The molecule has 26 heavy (non-hydrogen) atoms. The Morgan fingerprint density at radius 3 is 1.62 bits per heavy atom. The van der Waals surface area contributed by atoms with Crippen molar-refractivity contribution in [1.82, 2.24) is 4.90 Å². The van der Waals surface area contributed by atoms with Crippen molar-refractivity contribution in [2.45, 2.75) is 90.9 Å². The van der Waals surface area contributed by atoms with Crippen molar-refractivity contribution >= 4 is 11.9 Å². The Kier molecular flexibility index (Phi) is 22.0. The maximum atomic E-state index is 11.8. The second-order valence-electron chi connectivity index (χ2n) is 6.92. The first kappa shape index (κ1) is 27.6. The van der Waals surface area contributed by atoms with Gasteiger partial charge in [-0.05, 0) is 32.5 Å². The largest absolute Gasteiger partial charge is 1.00 e. The molecule has 0 unspecified atom stereocenters. The number of hydrogen-bond acceptors (Lipinski definition) is 3. The van der Waals surface area contributed by atoms with Crippen molar-refractivity contribution in [2.24, 2.45) is 0 Å². The topological polar surface area (TPSA) is 71.7 Å². The summed E-state index contributed by atoms with van der Waals surface area (Å²) in [6, 6.07) is 0. The van der Waals surface area contributed by atoms with Gasteiger partial charge in [0.2, 0.25) is 0 Å². The molecule has 158 valence electrons. The molecule has 0 heterocycles. The average molecular weight is 419 g/mol. The predicted molar refractivity (Wildman–Crippen MR) is 104 cm³/mol. The smallest absolute Gasteiger partial charge is 0.643 e. The Labute approximate surface area is 171 Å². The van der Waals surface area contributed by atoms with Gasteiger partial charge in [-0.2, -0.15) is 0 Å². The molecule has 5 nitrogen and oxygen atoms in total. The van der Waals surface area contributed by atoms with E-state index in [0.29, 0.717) is 0 Å². The van der Waals surface area contributed by atoms with Crippen LogP contribution in [0.2, 0.25) is 0 Å². The molecule has 0 spiro atoms. The van der Waals surface area contributed by atoms with Crippen LogP contribution in [-0.4, -0.2) is 48.1 Å². The van der Waals surface area contributed by atoms with E-state index >= 15 is 0 Å². The molecule has 0 atom stereocenters. The standard InChI is InChI=1S/C20H40N2O3.Cu/c1-3-5-7-9-11-13-15-22(16-14-12-10-8-6-4-2)18-19(23)21-17-20(24)25;/h3-18H2,1-2H3,(H2,21,23,24,25);/q;+1/p-1. The van der Waals surface area contributed by atoms with E-state index in [4.69, 9.17) is 5.11 Å². The summed E-state index contributed by atoms with van der Waals surface area (Å²) in [6.07, 6.45) is 14.8. The third-order valence-corrected chi connectivity index (χ3v) is 4.41. The maximum absolute atomic E-state index is 11.8. The number of carboxylic acid groups (broad SMARTS) is 1. The summed E-state index contributed by atoms with van der Waals surface area (Å²) in [5.41, 5.74) is 0. The third kappa shape index (κ3) is 19.7. The summed E-state index contributed by atoms with van der Waals surface area (Å²) in [4.78, 5) is 24.5. The fourth-order valence-corrected chi connectivity index (χ4v) is 2.90. The van der Waals surface area contributed by atoms with Crippen LogP contribution < -0.4 is 0 Å². The van der Waals surface area contributed by atoms with Crippen LogP contribution in [0.25, 0.3) is 5.32 Å². The maximum Gasteiger partial charge on any atom is 1.00 e. The second kappa shape index (κ2) is 20.7. The Morgan fingerprint density at radius 1 is 0.769 bits per heavy atom. The van der Waals surface area contributed by atoms with Gasteiger partial charge in [-0.15, -0.1) is 0 Å². The number of rotatable bonds is 18. The summed E-state index contributed by atoms with van der Waals surface area (Å²) in [5.74, 6) is -1.36. The molecule has 6 heteroatoms. The van der Waals surface area contributed by atoms with Gasteiger partial charge in [0.15, 0.2) is 0 Å². The summed E-state index contributed by atoms with van der Waals surface area (Å²) in [7, 11) is 0. The van der Waals surface area contributed by atoms with Crippen molar-refractivity contribution in [1.29, 1.82) is 0 Å². The van der Waals surface area contributed by atoms with Gasteiger partial charge in [0.25, 0.3) is 5.97 Å². The number of carbonyl (C=O) groups excluding carboxylic acids is 1. The van der Waals surface area contributed by atoms with Gasteiger partial charge in [-0.3, -0.25) is 9.69 Å². The molecular formula is C20H39CuN2O3. The molecule has 0 aliphatic rings. The van der Waals surface area contributed by atoms with Gasteiger partial charge in [-0.25, -0.2) is 0 Å². The van der Waals surface area contributed by atoms with Gasteiger partial charge in [0.05, 0.1) is 5.91 Å². The number of carboxylic acids is 1. The Morgan fingerprint density at radius 2 is 1.19 bits per heavy atom. The van der Waals surface area contributed by atoms with E-state index in [0.717, 1.165) is 25.9 Å². The first-order valence-corrected chi connectivity index (χ1v) is 10.2. The fraction of sp³-hybridized carbons (Fsp3) is 0.900. The molecule has 0 radical (unpaired) electrons. The van der Waals surface area contributed by atoms with Crippen molar-refractivity contribution in [3.63, 3.8) is 0 Å². The zero-order chi connectivity index (χ0) is 18.8. The van der Waals surface area contributed by atoms with Crippen LogP contribution in [0.15, 0.2) is 0 Å². The van der Waals surface area contributed by atoms with Crippen molar-refractivity contribution in [2.75, 3.05) is 26.2 Å². The van der Waals surface area contributed by atoms with Gasteiger partial charge in [-0.1, -0.05) is 78.1 Å². The molecule has 0 aromatic carbocycles. The van der Waals surface area contributed by atoms with Gasteiger partial charge >= 0.3 is 17.1 Å². The number of amides is 1. The van der Waals surface area contributed by atoms with Crippen LogP contribution in [0.5, 0.6) is 0 Å². The fourth-order valence-electron chi connectivity index (χ4n) is 2.90. The zero-order valence-electron chi connectivity index (χ0n) is 16.8. The molecule has 0 aromatic heterocycles. The summed E-state index contributed by atoms with van der Waals surface area (Å²) < 4.78 is 0. The van der Waals surface area contributed by atoms with E-state index in [1.807, 2.05) is 0 Å². The van der Waals surface area contributed by atoms with Crippen LogP contribution in [0, 0.1) is 0 Å². The molecule has 0 bridgehead atoms. The van der Waals surface area contributed by atoms with E-state index in [2.05, 4.69) is 24.1 Å². The molecule has 1 amide bonds. The molecule has 0 saturated carbocycles. The van der Waals surface area contributed by atoms with E-state index in [9.17, 15) is 9.59 Å². The van der Waals surface area contributed by atoms with Crippen LogP contribution in [0.1, 0.15) is 90.9 Å². The SMILES string of the molecule is CCCCCCCCN(CCCCCCCC)CC(=O)[N-]CC(=O)O.[Cu+]. The summed E-state index contributed by atoms with van der Waals surface area (Å²) in [5, 5.41) is 12.2. The van der Waals surface area contributed by atoms with Gasteiger partial charge < -0.3 is 15.2 Å². The Balaban J connectivity index is 0. The first-order chi connectivity index (χ1) is 12.1. The van der Waals surface area contributed by atoms with Crippen molar-refractivity contribution in [3.05, 3.63) is 5.32 Å². The van der Waals surface area contributed by atoms with Crippen molar-refractivity contribution in [3.8, 4) is 0 Å². The van der Waals surface area contributed by atoms with Gasteiger partial charge in [0.1, 0.15) is 0 Å². The minimum atomic E-state index is -1.05. The molecule has 0 saturated heterocycles. The first-order valence-electron chi connectivity index (χ1n) is 10.2. The molecule has 0 fully saturated rings. The Bertz CT molecular complexity index is 325. The number of hydrogen-bond donors (Lipinski definition) is 1. The minimum absolute atomic E-state index is 0. The quantitative estimate of drug-likeness (QED) is 0.251. The van der Waals surface area contributed by atoms with Crippen molar-refractivity contribution < 1.29 is 31.8 Å². The Hall–Kier alpha value is -0.581. The van der Waals surface area contributed by atoms with Gasteiger partial charge in [0, 0.05) is 6.54 Å². The average Bonchev–Trinajstić information content (AvgIpc) is 2.58. The zero-order valence-corrected chi connectivity index (χ0v) is 17.7. The molecule has 0 aliphatic carbocycles. The third-order valence-electron chi connectivity index (χ3n) is 4.41. The summed E-state index contributed by atoms with van der Waals surface area (Å²) in [6.45, 7) is 6.10. The van der Waals surface area contributed by atoms with Crippen LogP contribution in [0.3, 0.4) is 0 Å². The van der Waals surface area contributed by atoms with E-state index in [-0.39, 0.29) is 29.5 Å². The van der Waals surface area contributed by atoms with E-state index in [1.165, 1.54) is 64.2 Å². The monoisotopic (exact) mass is 418 g/mol. The normalized spacial score (nSPS) is 10.6. The summed E-state index contributed by atoms with van der Waals surface area (Å²) >= 11 is 0. The predicted octanol–water partition coefficient (Wildman–Crippen LogP) is 4.99.